The lowest BCUT2D eigenvalue weighted by atomic mass is 9.92. The minimum atomic E-state index is -0.0261. The molecular weight excluding hydrogens is 150 g/mol. The molecule has 1 saturated carbocycles. The van der Waals surface area contributed by atoms with Crippen molar-refractivity contribution in [2.24, 2.45) is 0 Å². The second-order valence-corrected chi connectivity index (χ2v) is 4.22. The third-order valence-corrected chi connectivity index (χ3v) is 3.06. The van der Waals surface area contributed by atoms with E-state index in [1.165, 1.54) is 0 Å². The molecule has 0 unspecified atom stereocenters. The maximum atomic E-state index is 9.33. The summed E-state index contributed by atoms with van der Waals surface area (Å²) in [6, 6.07) is 1.33. The van der Waals surface area contributed by atoms with Crippen molar-refractivity contribution in [3.05, 3.63) is 0 Å². The van der Waals surface area contributed by atoms with Crippen LogP contribution in [0.15, 0.2) is 0 Å². The maximum Gasteiger partial charge on any atom is 0.0541 e. The molecule has 0 aromatic heterocycles. The Hall–Kier alpha value is -0.0800. The van der Waals surface area contributed by atoms with E-state index in [1.54, 1.807) is 0 Å². The highest BCUT2D eigenvalue weighted by Gasteiger charge is 2.23. The molecule has 0 amide bonds. The van der Waals surface area contributed by atoms with Crippen LogP contribution in [0.4, 0.5) is 0 Å². The van der Waals surface area contributed by atoms with Crippen LogP contribution in [0.5, 0.6) is 0 Å². The summed E-state index contributed by atoms with van der Waals surface area (Å²) in [6.45, 7) is 4.45. The molecule has 0 radical (unpaired) electrons. The Balaban J connectivity index is 2.34. The lowest BCUT2D eigenvalue weighted by Gasteiger charge is -2.35. The minimum absolute atomic E-state index is 0.0261. The summed E-state index contributed by atoms with van der Waals surface area (Å²) >= 11 is 0. The van der Waals surface area contributed by atoms with E-state index in [9.17, 15) is 5.11 Å². The van der Waals surface area contributed by atoms with Gasteiger partial charge in [0, 0.05) is 12.1 Å². The average molecular weight is 171 g/mol. The number of hydrogen-bond acceptors (Lipinski definition) is 2. The van der Waals surface area contributed by atoms with E-state index in [1.807, 2.05) is 0 Å². The molecule has 1 N–H and O–H groups in total. The molecule has 0 aliphatic heterocycles. The fourth-order valence-corrected chi connectivity index (χ4v) is 1.89. The molecule has 12 heavy (non-hydrogen) atoms. The van der Waals surface area contributed by atoms with Crippen molar-refractivity contribution >= 4 is 0 Å². The molecule has 72 valence electrons. The number of aliphatic hydroxyl groups excluding tert-OH is 1. The first-order chi connectivity index (χ1) is 5.61. The van der Waals surface area contributed by atoms with Gasteiger partial charge in [0.15, 0.2) is 0 Å². The summed E-state index contributed by atoms with van der Waals surface area (Å²) in [5.74, 6) is 0. The van der Waals surface area contributed by atoms with Gasteiger partial charge < -0.3 is 10.0 Å². The van der Waals surface area contributed by atoms with Crippen LogP contribution in [0.1, 0.15) is 39.5 Å². The Morgan fingerprint density at radius 1 is 1.17 bits per heavy atom. The first kappa shape index (κ1) is 10.0. The number of nitrogens with zero attached hydrogens (tertiary/aromatic N) is 1. The lowest BCUT2D eigenvalue weighted by Crippen LogP contribution is -2.40. The van der Waals surface area contributed by atoms with Gasteiger partial charge in [-0.3, -0.25) is 0 Å². The van der Waals surface area contributed by atoms with Gasteiger partial charge in [0.1, 0.15) is 0 Å². The molecule has 1 aliphatic rings. The fourth-order valence-electron chi connectivity index (χ4n) is 1.89. The second kappa shape index (κ2) is 4.24. The highest BCUT2D eigenvalue weighted by atomic mass is 16.3. The molecule has 0 saturated heterocycles. The smallest absolute Gasteiger partial charge is 0.0541 e. The quantitative estimate of drug-likeness (QED) is 0.682. The van der Waals surface area contributed by atoms with Crippen LogP contribution in [0.2, 0.25) is 0 Å². The van der Waals surface area contributed by atoms with Gasteiger partial charge in [-0.1, -0.05) is 0 Å². The Labute approximate surface area is 75.6 Å². The third kappa shape index (κ3) is 2.46. The summed E-state index contributed by atoms with van der Waals surface area (Å²) in [6.07, 6.45) is 4.27. The summed E-state index contributed by atoms with van der Waals surface area (Å²) < 4.78 is 0. The maximum absolute atomic E-state index is 9.33. The zero-order chi connectivity index (χ0) is 9.14. The van der Waals surface area contributed by atoms with Crippen LogP contribution in [0.3, 0.4) is 0 Å². The van der Waals surface area contributed by atoms with Crippen LogP contribution >= 0.6 is 0 Å². The highest BCUT2D eigenvalue weighted by molar-refractivity contribution is 4.78. The molecule has 0 aromatic carbocycles. The van der Waals surface area contributed by atoms with Gasteiger partial charge in [0.25, 0.3) is 0 Å². The van der Waals surface area contributed by atoms with Crippen LogP contribution in [-0.2, 0) is 0 Å². The molecule has 1 aliphatic carbocycles. The van der Waals surface area contributed by atoms with Crippen LogP contribution in [0, 0.1) is 0 Å². The van der Waals surface area contributed by atoms with Crippen molar-refractivity contribution < 1.29 is 5.11 Å². The molecule has 0 aromatic rings. The second-order valence-electron chi connectivity index (χ2n) is 4.22. The van der Waals surface area contributed by atoms with E-state index in [0.29, 0.717) is 12.1 Å². The van der Waals surface area contributed by atoms with Crippen molar-refractivity contribution in [3.63, 3.8) is 0 Å². The van der Waals surface area contributed by atoms with Gasteiger partial charge in [0.2, 0.25) is 0 Å². The fraction of sp³-hybridized carbons (Fsp3) is 1.00. The van der Waals surface area contributed by atoms with Crippen LogP contribution in [0.25, 0.3) is 0 Å². The van der Waals surface area contributed by atoms with Crippen molar-refractivity contribution in [3.8, 4) is 0 Å². The van der Waals surface area contributed by atoms with Crippen molar-refractivity contribution in [1.29, 1.82) is 0 Å². The Morgan fingerprint density at radius 2 is 1.67 bits per heavy atom. The standard InChI is InChI=1S/C10H21NO/c1-8(2)11(3)9-4-6-10(12)7-5-9/h8-10,12H,4-7H2,1-3H3/t9-,10-. The monoisotopic (exact) mass is 171 g/mol. The van der Waals surface area contributed by atoms with E-state index in [2.05, 4.69) is 25.8 Å². The van der Waals surface area contributed by atoms with Gasteiger partial charge in [-0.05, 0) is 46.6 Å². The summed E-state index contributed by atoms with van der Waals surface area (Å²) in [5.41, 5.74) is 0. The van der Waals surface area contributed by atoms with Gasteiger partial charge in [-0.2, -0.15) is 0 Å². The van der Waals surface area contributed by atoms with Gasteiger partial charge >= 0.3 is 0 Å². The van der Waals surface area contributed by atoms with Crippen molar-refractivity contribution in [1.82, 2.24) is 4.90 Å². The predicted octanol–water partition coefficient (Wildman–Crippen LogP) is 1.63. The van der Waals surface area contributed by atoms with E-state index in [4.69, 9.17) is 0 Å². The van der Waals surface area contributed by atoms with Gasteiger partial charge in [0.05, 0.1) is 6.10 Å². The molecule has 0 heterocycles. The summed E-state index contributed by atoms with van der Waals surface area (Å²) in [5, 5.41) is 9.33. The molecule has 2 heteroatoms. The molecule has 0 spiro atoms. The Kier molecular flexibility index (Phi) is 3.53. The molecule has 2 nitrogen and oxygen atoms in total. The number of rotatable bonds is 2. The van der Waals surface area contributed by atoms with E-state index in [-0.39, 0.29) is 6.10 Å². The average Bonchev–Trinajstić information content (AvgIpc) is 2.04. The Bertz CT molecular complexity index is 128. The van der Waals surface area contributed by atoms with Gasteiger partial charge in [-0.15, -0.1) is 0 Å². The van der Waals surface area contributed by atoms with Gasteiger partial charge in [-0.25, -0.2) is 0 Å². The highest BCUT2D eigenvalue weighted by Crippen LogP contribution is 2.23. The van der Waals surface area contributed by atoms with Crippen LogP contribution < -0.4 is 0 Å². The van der Waals surface area contributed by atoms with E-state index < -0.39 is 0 Å². The molecule has 0 bridgehead atoms. The number of aliphatic hydroxyl groups is 1. The van der Waals surface area contributed by atoms with E-state index >= 15 is 0 Å². The molecule has 1 rings (SSSR count). The SMILES string of the molecule is CC(C)N(C)[C@H]1CC[C@H](O)CC1. The summed E-state index contributed by atoms with van der Waals surface area (Å²) in [4.78, 5) is 2.42. The lowest BCUT2D eigenvalue weighted by molar-refractivity contribution is 0.0732. The van der Waals surface area contributed by atoms with Crippen molar-refractivity contribution in [2.75, 3.05) is 7.05 Å². The van der Waals surface area contributed by atoms with Crippen molar-refractivity contribution in [2.45, 2.75) is 57.7 Å². The first-order valence-corrected chi connectivity index (χ1v) is 5.01. The number of hydrogen-bond donors (Lipinski definition) is 1. The third-order valence-electron chi connectivity index (χ3n) is 3.06. The largest absolute Gasteiger partial charge is 0.393 e. The summed E-state index contributed by atoms with van der Waals surface area (Å²) in [7, 11) is 2.19. The normalized spacial score (nSPS) is 31.5. The zero-order valence-electron chi connectivity index (χ0n) is 8.45. The predicted molar refractivity (Wildman–Crippen MR) is 51.2 cm³/mol. The van der Waals surface area contributed by atoms with E-state index in [0.717, 1.165) is 25.7 Å². The topological polar surface area (TPSA) is 23.5 Å². The Morgan fingerprint density at radius 3 is 2.08 bits per heavy atom. The molecule has 1 fully saturated rings. The molecular formula is C10H21NO. The molecule has 0 atom stereocenters. The zero-order valence-corrected chi connectivity index (χ0v) is 8.45. The first-order valence-electron chi connectivity index (χ1n) is 5.01. The minimum Gasteiger partial charge on any atom is -0.393 e. The van der Waals surface area contributed by atoms with Crippen LogP contribution in [-0.4, -0.2) is 35.2 Å².